The number of halogens is 2. The molecule has 1 aromatic carbocycles. The van der Waals surface area contributed by atoms with Crippen molar-refractivity contribution in [1.29, 1.82) is 0 Å². The summed E-state index contributed by atoms with van der Waals surface area (Å²) < 4.78 is 54.2. The lowest BCUT2D eigenvalue weighted by Gasteiger charge is -2.09. The van der Waals surface area contributed by atoms with Crippen molar-refractivity contribution in [2.45, 2.75) is 17.9 Å². The van der Waals surface area contributed by atoms with Crippen molar-refractivity contribution in [3.8, 4) is 0 Å². The molecule has 2 rings (SSSR count). The average molecular weight is 317 g/mol. The van der Waals surface area contributed by atoms with Crippen LogP contribution in [-0.4, -0.2) is 30.0 Å². The van der Waals surface area contributed by atoms with Crippen molar-refractivity contribution in [3.05, 3.63) is 36.2 Å². The van der Waals surface area contributed by atoms with Gasteiger partial charge < -0.3 is 5.73 Å². The van der Waals surface area contributed by atoms with Crippen molar-refractivity contribution in [1.82, 2.24) is 19.7 Å². The minimum absolute atomic E-state index is 0.0397. The van der Waals surface area contributed by atoms with Crippen LogP contribution in [-0.2, 0) is 16.6 Å². The maximum Gasteiger partial charge on any atom is 0.243 e. The van der Waals surface area contributed by atoms with Gasteiger partial charge in [-0.2, -0.15) is 0 Å². The van der Waals surface area contributed by atoms with E-state index in [-0.39, 0.29) is 12.2 Å². The number of nitrogens with zero attached hydrogens (tertiary/aromatic N) is 3. The summed E-state index contributed by atoms with van der Waals surface area (Å²) in [6, 6.07) is 1.59. The highest BCUT2D eigenvalue weighted by molar-refractivity contribution is 7.89. The minimum Gasteiger partial charge on any atom is -0.399 e. The van der Waals surface area contributed by atoms with Gasteiger partial charge in [0.05, 0.1) is 6.20 Å². The molecule has 0 amide bonds. The van der Waals surface area contributed by atoms with Crippen LogP contribution in [0.25, 0.3) is 0 Å². The lowest BCUT2D eigenvalue weighted by atomic mass is 10.3. The topological polar surface area (TPSA) is 103 Å². The Morgan fingerprint density at radius 1 is 1.33 bits per heavy atom. The van der Waals surface area contributed by atoms with E-state index < -0.39 is 26.6 Å². The minimum atomic E-state index is -4.17. The van der Waals surface area contributed by atoms with E-state index in [0.29, 0.717) is 13.0 Å². The Kier molecular flexibility index (Phi) is 4.48. The van der Waals surface area contributed by atoms with Crippen LogP contribution in [0.5, 0.6) is 0 Å². The number of nitrogens with one attached hydrogen (secondary N) is 1. The Bertz CT molecular complexity index is 718. The van der Waals surface area contributed by atoms with Gasteiger partial charge in [0, 0.05) is 25.0 Å². The van der Waals surface area contributed by atoms with Gasteiger partial charge in [-0.1, -0.05) is 5.21 Å². The lowest BCUT2D eigenvalue weighted by molar-refractivity contribution is 0.483. The third kappa shape index (κ3) is 3.73. The predicted octanol–water partition coefficient (Wildman–Crippen LogP) is 0.507. The number of benzene rings is 1. The Morgan fingerprint density at radius 3 is 2.76 bits per heavy atom. The van der Waals surface area contributed by atoms with E-state index in [1.54, 1.807) is 6.20 Å². The molecule has 0 unspecified atom stereocenters. The number of rotatable bonds is 6. The molecule has 0 atom stereocenters. The molecule has 114 valence electrons. The number of hydrogen-bond donors (Lipinski definition) is 2. The Morgan fingerprint density at radius 2 is 2.10 bits per heavy atom. The summed E-state index contributed by atoms with van der Waals surface area (Å²) in [5.41, 5.74) is 5.16. The van der Waals surface area contributed by atoms with E-state index >= 15 is 0 Å². The highest BCUT2D eigenvalue weighted by Gasteiger charge is 2.22. The van der Waals surface area contributed by atoms with Gasteiger partial charge in [-0.15, -0.1) is 5.10 Å². The van der Waals surface area contributed by atoms with Gasteiger partial charge in [0.1, 0.15) is 4.90 Å². The van der Waals surface area contributed by atoms with Crippen molar-refractivity contribution in [2.24, 2.45) is 0 Å². The summed E-state index contributed by atoms with van der Waals surface area (Å²) in [6.07, 6.45) is 3.53. The predicted molar refractivity (Wildman–Crippen MR) is 70.6 cm³/mol. The van der Waals surface area contributed by atoms with Crippen LogP contribution in [0.4, 0.5) is 14.5 Å². The second kappa shape index (κ2) is 6.14. The number of hydrogen-bond acceptors (Lipinski definition) is 5. The monoisotopic (exact) mass is 317 g/mol. The molecule has 7 nitrogen and oxygen atoms in total. The number of nitrogen functional groups attached to an aromatic ring is 1. The first-order valence-electron chi connectivity index (χ1n) is 5.98. The summed E-state index contributed by atoms with van der Waals surface area (Å²) in [6.45, 7) is 0.480. The highest BCUT2D eigenvalue weighted by Crippen LogP contribution is 2.20. The first kappa shape index (κ1) is 15.3. The lowest BCUT2D eigenvalue weighted by Crippen LogP contribution is -2.27. The van der Waals surface area contributed by atoms with E-state index in [1.807, 2.05) is 0 Å². The number of nitrogens with two attached hydrogens (primary N) is 1. The fourth-order valence-corrected chi connectivity index (χ4v) is 2.85. The molecule has 0 aliphatic carbocycles. The van der Waals surface area contributed by atoms with Crippen LogP contribution in [0.15, 0.2) is 29.4 Å². The first-order chi connectivity index (χ1) is 9.90. The standard InChI is InChI=1S/C11H13F2N5O2S/c12-9-6-8(14)7-10(11(9)13)21(19,20)16-2-1-4-18-5-3-15-17-18/h3,5-7,16H,1-2,4,14H2. The molecule has 0 spiro atoms. The van der Waals surface area contributed by atoms with Crippen molar-refractivity contribution in [3.63, 3.8) is 0 Å². The fraction of sp³-hybridized carbons (Fsp3) is 0.273. The maximum atomic E-state index is 13.5. The van der Waals surface area contributed by atoms with E-state index in [2.05, 4.69) is 15.0 Å². The van der Waals surface area contributed by atoms with Gasteiger partial charge in [0.2, 0.25) is 10.0 Å². The van der Waals surface area contributed by atoms with Gasteiger partial charge in [-0.25, -0.2) is 21.9 Å². The maximum absolute atomic E-state index is 13.5. The normalized spacial score (nSPS) is 11.7. The van der Waals surface area contributed by atoms with E-state index in [1.165, 1.54) is 10.9 Å². The molecule has 10 heteroatoms. The molecule has 0 saturated heterocycles. The third-order valence-electron chi connectivity index (χ3n) is 2.63. The first-order valence-corrected chi connectivity index (χ1v) is 7.47. The van der Waals surface area contributed by atoms with E-state index in [4.69, 9.17) is 5.73 Å². The Labute approximate surface area is 119 Å². The average Bonchev–Trinajstić information content (AvgIpc) is 2.92. The molecule has 1 heterocycles. The van der Waals surface area contributed by atoms with Crippen LogP contribution >= 0.6 is 0 Å². The molecule has 21 heavy (non-hydrogen) atoms. The Hall–Kier alpha value is -2.07. The van der Waals surface area contributed by atoms with Crippen molar-refractivity contribution in [2.75, 3.05) is 12.3 Å². The van der Waals surface area contributed by atoms with Gasteiger partial charge in [0.15, 0.2) is 11.6 Å². The number of sulfonamides is 1. The zero-order chi connectivity index (χ0) is 15.5. The van der Waals surface area contributed by atoms with Crippen LogP contribution in [0.1, 0.15) is 6.42 Å². The van der Waals surface area contributed by atoms with Crippen molar-refractivity contribution < 1.29 is 17.2 Å². The summed E-state index contributed by atoms with van der Waals surface area (Å²) in [7, 11) is -4.17. The summed E-state index contributed by atoms with van der Waals surface area (Å²) in [4.78, 5) is -0.805. The molecule has 0 aliphatic rings. The number of anilines is 1. The van der Waals surface area contributed by atoms with Gasteiger partial charge in [-0.05, 0) is 18.6 Å². The van der Waals surface area contributed by atoms with Crippen LogP contribution < -0.4 is 10.5 Å². The smallest absolute Gasteiger partial charge is 0.243 e. The van der Waals surface area contributed by atoms with Gasteiger partial charge in [0.25, 0.3) is 0 Å². The molecule has 3 N–H and O–H groups in total. The summed E-state index contributed by atoms with van der Waals surface area (Å²) >= 11 is 0. The Balaban J connectivity index is 2.02. The molecule has 1 aromatic heterocycles. The largest absolute Gasteiger partial charge is 0.399 e. The molecule has 0 fully saturated rings. The molecule has 0 saturated carbocycles. The zero-order valence-electron chi connectivity index (χ0n) is 10.8. The van der Waals surface area contributed by atoms with Crippen LogP contribution in [0, 0.1) is 11.6 Å². The SMILES string of the molecule is Nc1cc(F)c(F)c(S(=O)(=O)NCCCn2ccnn2)c1. The molecular formula is C11H13F2N5O2S. The van der Waals surface area contributed by atoms with E-state index in [0.717, 1.165) is 12.1 Å². The highest BCUT2D eigenvalue weighted by atomic mass is 32.2. The van der Waals surface area contributed by atoms with Crippen LogP contribution in [0.2, 0.25) is 0 Å². The number of aryl methyl sites for hydroxylation is 1. The van der Waals surface area contributed by atoms with Crippen LogP contribution in [0.3, 0.4) is 0 Å². The van der Waals surface area contributed by atoms with Crippen molar-refractivity contribution >= 4 is 15.7 Å². The second-order valence-corrected chi connectivity index (χ2v) is 5.97. The summed E-state index contributed by atoms with van der Waals surface area (Å²) in [5, 5.41) is 7.31. The second-order valence-electron chi connectivity index (χ2n) is 4.23. The van der Waals surface area contributed by atoms with Gasteiger partial charge in [-0.3, -0.25) is 4.68 Å². The van der Waals surface area contributed by atoms with E-state index in [9.17, 15) is 17.2 Å². The molecule has 0 bridgehead atoms. The third-order valence-corrected chi connectivity index (χ3v) is 4.09. The quantitative estimate of drug-likeness (QED) is 0.597. The van der Waals surface area contributed by atoms with Gasteiger partial charge >= 0.3 is 0 Å². The molecule has 2 aromatic rings. The molecule has 0 aliphatic heterocycles. The molecule has 0 radical (unpaired) electrons. The molecular weight excluding hydrogens is 304 g/mol. The fourth-order valence-electron chi connectivity index (χ4n) is 1.66. The summed E-state index contributed by atoms with van der Waals surface area (Å²) in [5.74, 6) is -2.76. The number of aromatic nitrogens is 3. The zero-order valence-corrected chi connectivity index (χ0v) is 11.6.